The van der Waals surface area contributed by atoms with Gasteiger partial charge in [-0.2, -0.15) is 13.1 Å². The summed E-state index contributed by atoms with van der Waals surface area (Å²) in [5, 5.41) is 3.97. The van der Waals surface area contributed by atoms with Crippen molar-refractivity contribution >= 4 is 0 Å². The number of hydrogen-bond acceptors (Lipinski definition) is 0. The van der Waals surface area contributed by atoms with Gasteiger partial charge in [-0.1, -0.05) is 13.8 Å². The second kappa shape index (κ2) is 9.20. The number of rotatable bonds is 2. The van der Waals surface area contributed by atoms with Crippen molar-refractivity contribution in [2.24, 2.45) is 0 Å². The molecule has 6 heavy (non-hydrogen) atoms. The molecule has 0 aliphatic carbocycles. The van der Waals surface area contributed by atoms with Gasteiger partial charge in [-0.15, -0.1) is 0 Å². The van der Waals surface area contributed by atoms with E-state index in [1.54, 1.807) is 0 Å². The Morgan fingerprint density at radius 1 is 1.17 bits per heavy atom. The van der Waals surface area contributed by atoms with Gasteiger partial charge in [-0.3, -0.25) is 0 Å². The van der Waals surface area contributed by atoms with Crippen molar-refractivity contribution in [2.75, 3.05) is 13.1 Å². The first-order chi connectivity index (χ1) is 2.41. The first-order valence-electron chi connectivity index (χ1n) is 2.05. The van der Waals surface area contributed by atoms with E-state index in [0.29, 0.717) is 0 Å². The maximum absolute atomic E-state index is 3.97. The maximum atomic E-state index is 3.97. The molecule has 0 radical (unpaired) electrons. The van der Waals surface area contributed by atoms with Gasteiger partial charge in [0.2, 0.25) is 0 Å². The Morgan fingerprint density at radius 3 is 1.50 bits per heavy atom. The molecule has 0 fully saturated rings. The summed E-state index contributed by atoms with van der Waals surface area (Å²) in [6.07, 6.45) is 0. The van der Waals surface area contributed by atoms with Crippen LogP contribution in [-0.2, 0) is 22.4 Å². The van der Waals surface area contributed by atoms with Crippen LogP contribution >= 0.6 is 0 Å². The van der Waals surface area contributed by atoms with Crippen LogP contribution in [0.15, 0.2) is 0 Å². The van der Waals surface area contributed by atoms with Gasteiger partial charge >= 0.3 is 22.4 Å². The Labute approximate surface area is 55.0 Å². The SMILES string of the molecule is CC[N-]CC.[Ta+5]. The summed E-state index contributed by atoms with van der Waals surface area (Å²) in [4.78, 5) is 0. The minimum Gasteiger partial charge on any atom is -0.663 e. The standard InChI is InChI=1S/C4H10N.Ta/c1-3-5-4-2;/h3-4H2,1-2H3;/q-1;+5. The van der Waals surface area contributed by atoms with E-state index in [2.05, 4.69) is 5.32 Å². The first-order valence-corrected chi connectivity index (χ1v) is 2.05. The average molecular weight is 253 g/mol. The molecule has 0 aromatic heterocycles. The molecule has 0 heterocycles. The molecule has 0 atom stereocenters. The van der Waals surface area contributed by atoms with Gasteiger partial charge in [0.1, 0.15) is 0 Å². The van der Waals surface area contributed by atoms with E-state index in [9.17, 15) is 0 Å². The smallest absolute Gasteiger partial charge is 0.663 e. The van der Waals surface area contributed by atoms with Gasteiger partial charge in [-0.25, -0.2) is 0 Å². The predicted octanol–water partition coefficient (Wildman–Crippen LogP) is 1.40. The van der Waals surface area contributed by atoms with Gasteiger partial charge in [0.15, 0.2) is 0 Å². The van der Waals surface area contributed by atoms with Gasteiger partial charge in [-0.05, 0) is 0 Å². The van der Waals surface area contributed by atoms with Crippen LogP contribution in [-0.4, -0.2) is 13.1 Å². The molecular formula is C4H10NTa+4. The van der Waals surface area contributed by atoms with E-state index < -0.39 is 0 Å². The largest absolute Gasteiger partial charge is 5.00 e. The summed E-state index contributed by atoms with van der Waals surface area (Å²) < 4.78 is 0. The Balaban J connectivity index is 0. The van der Waals surface area contributed by atoms with Crippen molar-refractivity contribution in [1.82, 2.24) is 0 Å². The van der Waals surface area contributed by atoms with E-state index in [4.69, 9.17) is 0 Å². The molecule has 0 bridgehead atoms. The molecule has 0 aromatic carbocycles. The minimum absolute atomic E-state index is 0. The molecule has 0 aliphatic rings. The molecule has 32 valence electrons. The van der Waals surface area contributed by atoms with Gasteiger partial charge < -0.3 is 5.32 Å². The van der Waals surface area contributed by atoms with Crippen LogP contribution in [0.5, 0.6) is 0 Å². The minimum atomic E-state index is 0. The summed E-state index contributed by atoms with van der Waals surface area (Å²) in [5.41, 5.74) is 0. The van der Waals surface area contributed by atoms with Crippen molar-refractivity contribution in [2.45, 2.75) is 13.8 Å². The molecular weight excluding hydrogens is 243 g/mol. The van der Waals surface area contributed by atoms with Crippen LogP contribution in [0.25, 0.3) is 5.32 Å². The molecule has 0 aliphatic heterocycles. The quantitative estimate of drug-likeness (QED) is 0.706. The molecule has 0 unspecified atom stereocenters. The van der Waals surface area contributed by atoms with Gasteiger partial charge in [0, 0.05) is 0 Å². The second-order valence-corrected chi connectivity index (χ2v) is 0.856. The molecule has 0 N–H and O–H groups in total. The van der Waals surface area contributed by atoms with Gasteiger partial charge in [0.25, 0.3) is 0 Å². The van der Waals surface area contributed by atoms with Crippen LogP contribution in [0.3, 0.4) is 0 Å². The fourth-order valence-corrected chi connectivity index (χ4v) is 0.224. The van der Waals surface area contributed by atoms with Gasteiger partial charge in [0.05, 0.1) is 0 Å². The zero-order valence-electron chi connectivity index (χ0n) is 4.31. The Kier molecular flexibility index (Phi) is 15.1. The van der Waals surface area contributed by atoms with Crippen molar-refractivity contribution in [3.63, 3.8) is 0 Å². The van der Waals surface area contributed by atoms with Crippen molar-refractivity contribution in [1.29, 1.82) is 0 Å². The topological polar surface area (TPSA) is 14.1 Å². The summed E-state index contributed by atoms with van der Waals surface area (Å²) in [6.45, 7) is 6.03. The molecule has 0 saturated carbocycles. The number of hydrogen-bond donors (Lipinski definition) is 0. The molecule has 0 saturated heterocycles. The maximum Gasteiger partial charge on any atom is 5.00 e. The zero-order valence-corrected chi connectivity index (χ0v) is 7.52. The van der Waals surface area contributed by atoms with Crippen molar-refractivity contribution in [3.8, 4) is 0 Å². The molecule has 1 nitrogen and oxygen atoms in total. The van der Waals surface area contributed by atoms with E-state index in [-0.39, 0.29) is 22.4 Å². The molecule has 0 spiro atoms. The average Bonchev–Trinajstić information content (AvgIpc) is 1.41. The molecule has 0 aromatic rings. The Bertz CT molecular complexity index is 15.0. The van der Waals surface area contributed by atoms with Crippen LogP contribution in [0.4, 0.5) is 0 Å². The normalized spacial score (nSPS) is 7.00. The van der Waals surface area contributed by atoms with Crippen molar-refractivity contribution < 1.29 is 22.4 Å². The van der Waals surface area contributed by atoms with Crippen LogP contribution in [0, 0.1) is 0 Å². The Hall–Kier alpha value is 0.700. The van der Waals surface area contributed by atoms with E-state index in [1.165, 1.54) is 0 Å². The van der Waals surface area contributed by atoms with Crippen LogP contribution in [0.2, 0.25) is 0 Å². The first kappa shape index (κ1) is 9.85. The van der Waals surface area contributed by atoms with E-state index in [0.717, 1.165) is 13.1 Å². The zero-order chi connectivity index (χ0) is 4.12. The van der Waals surface area contributed by atoms with E-state index in [1.807, 2.05) is 13.8 Å². The summed E-state index contributed by atoms with van der Waals surface area (Å²) in [6, 6.07) is 0. The van der Waals surface area contributed by atoms with Crippen LogP contribution in [0.1, 0.15) is 13.8 Å². The Morgan fingerprint density at radius 2 is 1.50 bits per heavy atom. The second-order valence-electron chi connectivity index (χ2n) is 0.856. The third kappa shape index (κ3) is 8.83. The third-order valence-corrected chi connectivity index (χ3v) is 0.447. The molecule has 2 heteroatoms. The monoisotopic (exact) mass is 253 g/mol. The summed E-state index contributed by atoms with van der Waals surface area (Å²) in [7, 11) is 0. The van der Waals surface area contributed by atoms with E-state index >= 15 is 0 Å². The molecule has 0 rings (SSSR count). The third-order valence-electron chi connectivity index (χ3n) is 0.447. The van der Waals surface area contributed by atoms with Crippen LogP contribution < -0.4 is 0 Å². The van der Waals surface area contributed by atoms with Crippen molar-refractivity contribution in [3.05, 3.63) is 5.32 Å². The molecule has 0 amide bonds. The summed E-state index contributed by atoms with van der Waals surface area (Å²) in [5.74, 6) is 0. The predicted molar refractivity (Wildman–Crippen MR) is 24.4 cm³/mol. The fraction of sp³-hybridized carbons (Fsp3) is 1.00. The number of nitrogens with zero attached hydrogens (tertiary/aromatic N) is 1. The summed E-state index contributed by atoms with van der Waals surface area (Å²) >= 11 is 0. The fourth-order valence-electron chi connectivity index (χ4n) is 0.224.